The van der Waals surface area contributed by atoms with Gasteiger partial charge >= 0.3 is 0 Å². The summed E-state index contributed by atoms with van der Waals surface area (Å²) in [6.07, 6.45) is 13.8. The van der Waals surface area contributed by atoms with Gasteiger partial charge in [-0.3, -0.25) is 0 Å². The topological polar surface area (TPSA) is 21.3 Å². The van der Waals surface area contributed by atoms with E-state index in [9.17, 15) is 0 Å². The SMILES string of the molecule is CCCCCCCOC1CC(CCC)CCC1NCC. The fourth-order valence-corrected chi connectivity index (χ4v) is 3.50. The van der Waals surface area contributed by atoms with Crippen LogP contribution < -0.4 is 5.32 Å². The first kappa shape index (κ1) is 18.0. The number of hydrogen-bond donors (Lipinski definition) is 1. The molecule has 3 unspecified atom stereocenters. The van der Waals surface area contributed by atoms with Gasteiger partial charge in [0.2, 0.25) is 0 Å². The highest BCUT2D eigenvalue weighted by Gasteiger charge is 2.29. The Bertz CT molecular complexity index is 219. The van der Waals surface area contributed by atoms with Crippen LogP contribution in [-0.2, 0) is 4.74 Å². The van der Waals surface area contributed by atoms with Crippen molar-refractivity contribution < 1.29 is 4.74 Å². The zero-order valence-corrected chi connectivity index (χ0v) is 14.1. The zero-order valence-electron chi connectivity index (χ0n) is 14.1. The van der Waals surface area contributed by atoms with Crippen molar-refractivity contribution in [1.29, 1.82) is 0 Å². The molecule has 0 aromatic heterocycles. The average molecular weight is 284 g/mol. The molecule has 1 aliphatic carbocycles. The van der Waals surface area contributed by atoms with Crippen molar-refractivity contribution in [3.05, 3.63) is 0 Å². The van der Waals surface area contributed by atoms with Gasteiger partial charge in [-0.15, -0.1) is 0 Å². The van der Waals surface area contributed by atoms with Gasteiger partial charge in [0.1, 0.15) is 0 Å². The Balaban J connectivity index is 2.24. The van der Waals surface area contributed by atoms with E-state index >= 15 is 0 Å². The summed E-state index contributed by atoms with van der Waals surface area (Å²) in [7, 11) is 0. The van der Waals surface area contributed by atoms with Gasteiger partial charge in [-0.25, -0.2) is 0 Å². The summed E-state index contributed by atoms with van der Waals surface area (Å²) in [6.45, 7) is 8.82. The molecule has 0 aliphatic heterocycles. The van der Waals surface area contributed by atoms with Crippen molar-refractivity contribution in [2.75, 3.05) is 13.2 Å². The van der Waals surface area contributed by atoms with Crippen molar-refractivity contribution >= 4 is 0 Å². The number of likely N-dealkylation sites (N-methyl/N-ethyl adjacent to an activating group) is 1. The van der Waals surface area contributed by atoms with E-state index in [1.54, 1.807) is 0 Å². The standard InChI is InChI=1S/C18H37NO/c1-4-7-8-9-10-14-20-18-15-16(11-5-2)12-13-17(18)19-6-3/h16-19H,4-15H2,1-3H3. The molecule has 1 rings (SSSR count). The summed E-state index contributed by atoms with van der Waals surface area (Å²) in [4.78, 5) is 0. The number of hydrogen-bond acceptors (Lipinski definition) is 2. The Morgan fingerprint density at radius 1 is 0.950 bits per heavy atom. The van der Waals surface area contributed by atoms with Crippen LogP contribution in [0.15, 0.2) is 0 Å². The number of rotatable bonds is 11. The van der Waals surface area contributed by atoms with Gasteiger partial charge in [0.05, 0.1) is 6.10 Å². The molecule has 0 radical (unpaired) electrons. The van der Waals surface area contributed by atoms with Crippen molar-refractivity contribution in [3.8, 4) is 0 Å². The number of ether oxygens (including phenoxy) is 1. The fraction of sp³-hybridized carbons (Fsp3) is 1.00. The molecule has 0 spiro atoms. The lowest BCUT2D eigenvalue weighted by atomic mass is 9.81. The van der Waals surface area contributed by atoms with Gasteiger partial charge in [0.25, 0.3) is 0 Å². The first-order valence-corrected chi connectivity index (χ1v) is 9.16. The van der Waals surface area contributed by atoms with Gasteiger partial charge in [0, 0.05) is 12.6 Å². The molecule has 2 nitrogen and oxygen atoms in total. The minimum Gasteiger partial charge on any atom is -0.377 e. The minimum atomic E-state index is 0.464. The zero-order chi connectivity index (χ0) is 14.6. The lowest BCUT2D eigenvalue weighted by molar-refractivity contribution is -0.0123. The second kappa shape index (κ2) is 11.6. The summed E-state index contributed by atoms with van der Waals surface area (Å²) in [5, 5.41) is 3.63. The summed E-state index contributed by atoms with van der Waals surface area (Å²) < 4.78 is 6.24. The number of unbranched alkanes of at least 4 members (excludes halogenated alkanes) is 4. The van der Waals surface area contributed by atoms with Crippen LogP contribution in [0, 0.1) is 5.92 Å². The molecule has 20 heavy (non-hydrogen) atoms. The maximum atomic E-state index is 6.24. The third-order valence-corrected chi connectivity index (χ3v) is 4.64. The van der Waals surface area contributed by atoms with Crippen LogP contribution in [0.5, 0.6) is 0 Å². The van der Waals surface area contributed by atoms with Crippen molar-refractivity contribution in [2.24, 2.45) is 5.92 Å². The molecule has 0 saturated heterocycles. The average Bonchev–Trinajstić information content (AvgIpc) is 2.45. The largest absolute Gasteiger partial charge is 0.377 e. The van der Waals surface area contributed by atoms with E-state index < -0.39 is 0 Å². The van der Waals surface area contributed by atoms with Crippen LogP contribution >= 0.6 is 0 Å². The molecule has 0 bridgehead atoms. The second-order valence-corrected chi connectivity index (χ2v) is 6.46. The van der Waals surface area contributed by atoms with Crippen molar-refractivity contribution in [3.63, 3.8) is 0 Å². The Kier molecular flexibility index (Phi) is 10.4. The Morgan fingerprint density at radius 2 is 1.75 bits per heavy atom. The molecule has 0 heterocycles. The normalized spacial score (nSPS) is 26.9. The lowest BCUT2D eigenvalue weighted by Gasteiger charge is -2.36. The van der Waals surface area contributed by atoms with E-state index in [1.165, 1.54) is 64.2 Å². The van der Waals surface area contributed by atoms with E-state index in [1.807, 2.05) is 0 Å². The van der Waals surface area contributed by atoms with Crippen molar-refractivity contribution in [1.82, 2.24) is 5.32 Å². The van der Waals surface area contributed by atoms with Crippen molar-refractivity contribution in [2.45, 2.75) is 97.1 Å². The first-order valence-electron chi connectivity index (χ1n) is 9.16. The smallest absolute Gasteiger partial charge is 0.0730 e. The molecule has 1 fully saturated rings. The van der Waals surface area contributed by atoms with Crippen LogP contribution in [0.4, 0.5) is 0 Å². The van der Waals surface area contributed by atoms with Gasteiger partial charge in [-0.1, -0.05) is 59.3 Å². The second-order valence-electron chi connectivity index (χ2n) is 6.46. The molecule has 2 heteroatoms. The van der Waals surface area contributed by atoms with Gasteiger partial charge < -0.3 is 10.1 Å². The summed E-state index contributed by atoms with van der Waals surface area (Å²) in [5.74, 6) is 0.903. The van der Waals surface area contributed by atoms with Gasteiger partial charge in [-0.05, 0) is 38.1 Å². The molecule has 0 aromatic rings. The Labute approximate surface area is 127 Å². The van der Waals surface area contributed by atoms with Crippen LogP contribution in [0.3, 0.4) is 0 Å². The Morgan fingerprint density at radius 3 is 2.45 bits per heavy atom. The first-order chi connectivity index (χ1) is 9.81. The molecule has 1 saturated carbocycles. The highest BCUT2D eigenvalue weighted by Crippen LogP contribution is 2.30. The molecule has 0 aromatic carbocycles. The van der Waals surface area contributed by atoms with E-state index in [-0.39, 0.29) is 0 Å². The fourth-order valence-electron chi connectivity index (χ4n) is 3.50. The summed E-state index contributed by atoms with van der Waals surface area (Å²) in [6, 6.07) is 0.601. The van der Waals surface area contributed by atoms with E-state index in [2.05, 4.69) is 26.1 Å². The summed E-state index contributed by atoms with van der Waals surface area (Å²) in [5.41, 5.74) is 0. The predicted octanol–water partition coefficient (Wildman–Crippen LogP) is 4.92. The molecule has 120 valence electrons. The molecule has 1 N–H and O–H groups in total. The van der Waals surface area contributed by atoms with Crippen LogP contribution in [0.1, 0.15) is 85.0 Å². The van der Waals surface area contributed by atoms with E-state index in [0.29, 0.717) is 12.1 Å². The van der Waals surface area contributed by atoms with Crippen LogP contribution in [0.25, 0.3) is 0 Å². The molecule has 0 amide bonds. The maximum Gasteiger partial charge on any atom is 0.0730 e. The van der Waals surface area contributed by atoms with Gasteiger partial charge in [0.15, 0.2) is 0 Å². The predicted molar refractivity (Wildman–Crippen MR) is 88.2 cm³/mol. The van der Waals surface area contributed by atoms with E-state index in [0.717, 1.165) is 19.1 Å². The summed E-state index contributed by atoms with van der Waals surface area (Å²) >= 11 is 0. The minimum absolute atomic E-state index is 0.464. The maximum absolute atomic E-state index is 6.24. The Hall–Kier alpha value is -0.0800. The third kappa shape index (κ3) is 7.08. The van der Waals surface area contributed by atoms with Crippen LogP contribution in [-0.4, -0.2) is 25.3 Å². The molecular formula is C18H37NO. The van der Waals surface area contributed by atoms with E-state index in [4.69, 9.17) is 4.74 Å². The molecular weight excluding hydrogens is 246 g/mol. The highest BCUT2D eigenvalue weighted by atomic mass is 16.5. The van der Waals surface area contributed by atoms with Crippen LogP contribution in [0.2, 0.25) is 0 Å². The molecule has 3 atom stereocenters. The monoisotopic (exact) mass is 283 g/mol. The third-order valence-electron chi connectivity index (χ3n) is 4.64. The van der Waals surface area contributed by atoms with Gasteiger partial charge in [-0.2, -0.15) is 0 Å². The molecule has 1 aliphatic rings. The highest BCUT2D eigenvalue weighted by molar-refractivity contribution is 4.85. The quantitative estimate of drug-likeness (QED) is 0.543. The number of nitrogens with one attached hydrogen (secondary N) is 1. The lowest BCUT2D eigenvalue weighted by Crippen LogP contribution is -2.45.